The van der Waals surface area contributed by atoms with E-state index in [0.717, 1.165) is 18.6 Å². The monoisotopic (exact) mass is 247 g/mol. The number of aliphatic hydroxyl groups excluding tert-OH is 1. The summed E-state index contributed by atoms with van der Waals surface area (Å²) in [4.78, 5) is 0. The van der Waals surface area contributed by atoms with Crippen LogP contribution in [0.4, 0.5) is 0 Å². The van der Waals surface area contributed by atoms with Gasteiger partial charge in [-0.2, -0.15) is 11.8 Å². The number of aliphatic hydroxyl groups is 1. The van der Waals surface area contributed by atoms with Crippen LogP contribution in [-0.2, 0) is 0 Å². The molecule has 16 heavy (non-hydrogen) atoms. The van der Waals surface area contributed by atoms with E-state index in [9.17, 15) is 5.11 Å². The molecule has 98 valence electrons. The summed E-state index contributed by atoms with van der Waals surface area (Å²) in [5, 5.41) is 13.1. The minimum Gasteiger partial charge on any atom is -0.394 e. The van der Waals surface area contributed by atoms with Crippen molar-refractivity contribution >= 4 is 11.8 Å². The minimum atomic E-state index is -0.0855. The molecule has 0 aromatic rings. The van der Waals surface area contributed by atoms with Crippen LogP contribution in [0.2, 0.25) is 0 Å². The molecule has 0 bridgehead atoms. The van der Waals surface area contributed by atoms with Crippen LogP contribution >= 0.6 is 11.8 Å². The average molecular weight is 247 g/mol. The van der Waals surface area contributed by atoms with Crippen molar-refractivity contribution in [1.82, 2.24) is 5.32 Å². The molecule has 1 atom stereocenters. The molecule has 0 aliphatic rings. The minimum absolute atomic E-state index is 0.0855. The Balaban J connectivity index is 4.15. The van der Waals surface area contributed by atoms with Gasteiger partial charge in [-0.1, -0.05) is 34.6 Å². The van der Waals surface area contributed by atoms with E-state index in [1.165, 1.54) is 0 Å². The summed E-state index contributed by atoms with van der Waals surface area (Å²) in [5.74, 6) is 1.09. The molecule has 0 radical (unpaired) electrons. The highest BCUT2D eigenvalue weighted by molar-refractivity contribution is 8.00. The number of thioether (sulfide) groups is 1. The fourth-order valence-electron chi connectivity index (χ4n) is 1.66. The fraction of sp³-hybridized carbons (Fsp3) is 1.00. The zero-order valence-corrected chi connectivity index (χ0v) is 12.6. The Hall–Kier alpha value is 0.270. The van der Waals surface area contributed by atoms with Crippen LogP contribution in [0.15, 0.2) is 0 Å². The summed E-state index contributed by atoms with van der Waals surface area (Å²) in [7, 11) is 0. The summed E-state index contributed by atoms with van der Waals surface area (Å²) in [5.41, 5.74) is -0.0855. The Bertz CT molecular complexity index is 177. The van der Waals surface area contributed by atoms with Crippen molar-refractivity contribution in [3.8, 4) is 0 Å². The van der Waals surface area contributed by atoms with Gasteiger partial charge in [-0.15, -0.1) is 0 Å². The normalized spacial score (nSPS) is 15.2. The molecule has 0 aromatic carbocycles. The molecule has 0 rings (SSSR count). The van der Waals surface area contributed by atoms with Gasteiger partial charge in [-0.3, -0.25) is 0 Å². The largest absolute Gasteiger partial charge is 0.394 e. The first-order chi connectivity index (χ1) is 7.28. The zero-order chi connectivity index (χ0) is 12.8. The van der Waals surface area contributed by atoms with E-state index in [2.05, 4.69) is 46.9 Å². The second kappa shape index (κ2) is 6.87. The second-order valence-corrected chi connectivity index (χ2v) is 7.46. The molecule has 0 heterocycles. The quantitative estimate of drug-likeness (QED) is 0.725. The lowest BCUT2D eigenvalue weighted by Gasteiger charge is -2.35. The third-order valence-electron chi connectivity index (χ3n) is 2.98. The topological polar surface area (TPSA) is 32.3 Å². The lowest BCUT2D eigenvalue weighted by atomic mass is 9.93. The molecule has 3 heteroatoms. The van der Waals surface area contributed by atoms with Crippen LogP contribution in [0, 0.1) is 0 Å². The third-order valence-corrected chi connectivity index (χ3v) is 4.51. The van der Waals surface area contributed by atoms with Gasteiger partial charge in [0.15, 0.2) is 0 Å². The van der Waals surface area contributed by atoms with Gasteiger partial charge in [-0.25, -0.2) is 0 Å². The highest BCUT2D eigenvalue weighted by atomic mass is 32.2. The van der Waals surface area contributed by atoms with Crippen molar-refractivity contribution in [1.29, 1.82) is 0 Å². The predicted octanol–water partition coefficient (Wildman–Crippen LogP) is 3.05. The summed E-state index contributed by atoms with van der Waals surface area (Å²) in [6.07, 6.45) is 1.95. The first-order valence-electron chi connectivity index (χ1n) is 6.31. The molecule has 0 aliphatic carbocycles. The van der Waals surface area contributed by atoms with Crippen LogP contribution in [-0.4, -0.2) is 33.8 Å². The predicted molar refractivity (Wildman–Crippen MR) is 75.2 cm³/mol. The first-order valence-corrected chi connectivity index (χ1v) is 7.29. The third kappa shape index (κ3) is 6.12. The Morgan fingerprint density at radius 1 is 1.19 bits per heavy atom. The second-order valence-electron chi connectivity index (χ2n) is 5.61. The van der Waals surface area contributed by atoms with Gasteiger partial charge in [0.25, 0.3) is 0 Å². The Morgan fingerprint density at radius 3 is 2.00 bits per heavy atom. The number of rotatable bonds is 7. The van der Waals surface area contributed by atoms with E-state index in [-0.39, 0.29) is 12.1 Å². The maximum absolute atomic E-state index is 9.48. The average Bonchev–Trinajstić information content (AvgIpc) is 2.22. The summed E-state index contributed by atoms with van der Waals surface area (Å²) in [6.45, 7) is 13.4. The highest BCUT2D eigenvalue weighted by Gasteiger charge is 2.26. The van der Waals surface area contributed by atoms with Crippen LogP contribution in [0.1, 0.15) is 54.4 Å². The van der Waals surface area contributed by atoms with Crippen molar-refractivity contribution in [2.45, 2.75) is 70.7 Å². The van der Waals surface area contributed by atoms with Crippen molar-refractivity contribution in [3.05, 3.63) is 0 Å². The van der Waals surface area contributed by atoms with Crippen LogP contribution < -0.4 is 5.32 Å². The maximum Gasteiger partial charge on any atom is 0.0613 e. The molecule has 2 nitrogen and oxygen atoms in total. The summed E-state index contributed by atoms with van der Waals surface area (Å²) >= 11 is 1.97. The summed E-state index contributed by atoms with van der Waals surface area (Å²) in [6, 6.07) is 0.441. The van der Waals surface area contributed by atoms with Crippen molar-refractivity contribution in [3.63, 3.8) is 0 Å². The van der Waals surface area contributed by atoms with Crippen molar-refractivity contribution in [2.24, 2.45) is 0 Å². The van der Waals surface area contributed by atoms with Crippen molar-refractivity contribution < 1.29 is 5.11 Å². The standard InChI is InChI=1S/C13H29NOS/c1-7-13(8-2,10-15)14-11(3)9-16-12(4,5)6/h11,14-15H,7-10H2,1-6H3. The van der Waals surface area contributed by atoms with Gasteiger partial charge in [0, 0.05) is 22.1 Å². The molecule has 0 saturated heterocycles. The Labute approximate surface area is 106 Å². The lowest BCUT2D eigenvalue weighted by molar-refractivity contribution is 0.143. The summed E-state index contributed by atoms with van der Waals surface area (Å²) < 4.78 is 0.316. The molecule has 0 aromatic heterocycles. The zero-order valence-electron chi connectivity index (χ0n) is 11.8. The fourth-order valence-corrected chi connectivity index (χ4v) is 2.50. The number of nitrogens with one attached hydrogen (secondary N) is 1. The van der Waals surface area contributed by atoms with E-state index >= 15 is 0 Å². The molecule has 0 aliphatic heterocycles. The molecular formula is C13H29NOS. The molecule has 2 N–H and O–H groups in total. The smallest absolute Gasteiger partial charge is 0.0613 e. The van der Waals surface area contributed by atoms with Crippen LogP contribution in [0.5, 0.6) is 0 Å². The van der Waals surface area contributed by atoms with Gasteiger partial charge in [0.2, 0.25) is 0 Å². The van der Waals surface area contributed by atoms with E-state index in [4.69, 9.17) is 0 Å². The van der Waals surface area contributed by atoms with Gasteiger partial charge in [0.05, 0.1) is 6.61 Å². The maximum atomic E-state index is 9.48. The molecule has 0 amide bonds. The van der Waals surface area contributed by atoms with Crippen LogP contribution in [0.3, 0.4) is 0 Å². The van der Waals surface area contributed by atoms with E-state index in [1.54, 1.807) is 0 Å². The number of hydrogen-bond donors (Lipinski definition) is 2. The first kappa shape index (κ1) is 16.3. The van der Waals surface area contributed by atoms with Crippen molar-refractivity contribution in [2.75, 3.05) is 12.4 Å². The van der Waals surface area contributed by atoms with E-state index < -0.39 is 0 Å². The Morgan fingerprint density at radius 2 is 1.69 bits per heavy atom. The van der Waals surface area contributed by atoms with E-state index in [0.29, 0.717) is 10.8 Å². The molecular weight excluding hydrogens is 218 g/mol. The lowest BCUT2D eigenvalue weighted by Crippen LogP contribution is -2.52. The van der Waals surface area contributed by atoms with Gasteiger partial charge in [0.1, 0.15) is 0 Å². The molecule has 0 fully saturated rings. The molecule has 0 saturated carbocycles. The molecule has 1 unspecified atom stereocenters. The van der Waals surface area contributed by atoms with Gasteiger partial charge in [-0.05, 0) is 19.8 Å². The highest BCUT2D eigenvalue weighted by Crippen LogP contribution is 2.24. The van der Waals surface area contributed by atoms with Gasteiger partial charge < -0.3 is 10.4 Å². The SMILES string of the molecule is CCC(CC)(CO)NC(C)CSC(C)(C)C. The Kier molecular flexibility index (Phi) is 6.99. The van der Waals surface area contributed by atoms with E-state index in [1.807, 2.05) is 11.8 Å². The van der Waals surface area contributed by atoms with Gasteiger partial charge >= 0.3 is 0 Å². The van der Waals surface area contributed by atoms with Crippen LogP contribution in [0.25, 0.3) is 0 Å². The number of hydrogen-bond acceptors (Lipinski definition) is 3. The molecule has 0 spiro atoms.